The van der Waals surface area contributed by atoms with Crippen LogP contribution in [0.15, 0.2) is 32.0 Å². The minimum atomic E-state index is -3.44. The van der Waals surface area contributed by atoms with E-state index in [0.717, 1.165) is 16.3 Å². The Kier molecular flexibility index (Phi) is 4.28. The number of sulfonamides is 1. The van der Waals surface area contributed by atoms with Crippen molar-refractivity contribution >= 4 is 41.9 Å². The standard InChI is InChI=1S/C14H17Br2NO2S/c15-12-3-4-13(16)14(7-12)20(18,19)17-8-11-6-9-1-2-10(11)5-9/h3-4,7,9-11,17H,1-2,5-6,8H2. The van der Waals surface area contributed by atoms with Crippen molar-refractivity contribution in [3.05, 3.63) is 27.1 Å². The second-order valence-corrected chi connectivity index (χ2v) is 9.37. The SMILES string of the molecule is O=S(=O)(NCC1CC2CCC1C2)c1cc(Br)ccc1Br. The Morgan fingerprint density at radius 3 is 2.65 bits per heavy atom. The number of fused-ring (bicyclic) bond motifs is 2. The van der Waals surface area contributed by atoms with E-state index in [4.69, 9.17) is 0 Å². The lowest BCUT2D eigenvalue weighted by molar-refractivity contribution is 0.333. The van der Waals surface area contributed by atoms with Crippen LogP contribution in [0.25, 0.3) is 0 Å². The van der Waals surface area contributed by atoms with Crippen molar-refractivity contribution in [2.75, 3.05) is 6.54 Å². The molecule has 2 saturated carbocycles. The average molecular weight is 423 g/mol. The molecule has 3 rings (SSSR count). The molecular formula is C14H17Br2NO2S. The topological polar surface area (TPSA) is 46.2 Å². The van der Waals surface area contributed by atoms with Gasteiger partial charge in [-0.05, 0) is 71.1 Å². The lowest BCUT2D eigenvalue weighted by Crippen LogP contribution is -2.31. The molecule has 1 N–H and O–H groups in total. The van der Waals surface area contributed by atoms with Gasteiger partial charge in [-0.2, -0.15) is 0 Å². The third kappa shape index (κ3) is 2.98. The zero-order chi connectivity index (χ0) is 14.3. The number of rotatable bonds is 4. The zero-order valence-corrected chi connectivity index (χ0v) is 15.0. The van der Waals surface area contributed by atoms with Crippen molar-refractivity contribution < 1.29 is 8.42 Å². The minimum absolute atomic E-state index is 0.301. The van der Waals surface area contributed by atoms with Gasteiger partial charge in [0.2, 0.25) is 10.0 Å². The molecule has 1 aromatic rings. The summed E-state index contributed by atoms with van der Waals surface area (Å²) in [6.07, 6.45) is 5.10. The van der Waals surface area contributed by atoms with E-state index >= 15 is 0 Å². The Hall–Kier alpha value is 0.0900. The van der Waals surface area contributed by atoms with E-state index in [2.05, 4.69) is 36.6 Å². The molecule has 1 aromatic carbocycles. The highest BCUT2D eigenvalue weighted by Gasteiger charge is 2.39. The zero-order valence-electron chi connectivity index (χ0n) is 11.0. The van der Waals surface area contributed by atoms with Crippen LogP contribution in [0.2, 0.25) is 0 Å². The van der Waals surface area contributed by atoms with Crippen molar-refractivity contribution in [3.8, 4) is 0 Å². The highest BCUT2D eigenvalue weighted by Crippen LogP contribution is 2.48. The molecular weight excluding hydrogens is 406 g/mol. The molecule has 0 heterocycles. The third-order valence-electron chi connectivity index (χ3n) is 4.60. The fourth-order valence-corrected chi connectivity index (χ4v) is 6.20. The molecule has 2 aliphatic carbocycles. The van der Waals surface area contributed by atoms with Gasteiger partial charge in [0.15, 0.2) is 0 Å². The van der Waals surface area contributed by atoms with E-state index in [9.17, 15) is 8.42 Å². The van der Waals surface area contributed by atoms with Crippen molar-refractivity contribution in [2.24, 2.45) is 17.8 Å². The van der Waals surface area contributed by atoms with Crippen LogP contribution in [0, 0.1) is 17.8 Å². The van der Waals surface area contributed by atoms with Crippen LogP contribution < -0.4 is 4.72 Å². The number of nitrogens with one attached hydrogen (secondary N) is 1. The predicted octanol–water partition coefficient (Wildman–Crippen LogP) is 3.93. The Morgan fingerprint density at radius 2 is 2.00 bits per heavy atom. The first kappa shape index (κ1) is 15.0. The van der Waals surface area contributed by atoms with Gasteiger partial charge < -0.3 is 0 Å². The molecule has 2 fully saturated rings. The molecule has 0 saturated heterocycles. The Bertz CT molecular complexity index is 618. The number of halogens is 2. The summed E-state index contributed by atoms with van der Waals surface area (Å²) < 4.78 is 29.0. The smallest absolute Gasteiger partial charge is 0.211 e. The van der Waals surface area contributed by atoms with Crippen molar-refractivity contribution in [1.82, 2.24) is 4.72 Å². The number of hydrogen-bond donors (Lipinski definition) is 1. The van der Waals surface area contributed by atoms with Gasteiger partial charge in [0.25, 0.3) is 0 Å². The molecule has 0 aromatic heterocycles. The summed E-state index contributed by atoms with van der Waals surface area (Å²) in [4.78, 5) is 0.301. The monoisotopic (exact) mass is 421 g/mol. The first-order chi connectivity index (χ1) is 9.45. The summed E-state index contributed by atoms with van der Waals surface area (Å²) >= 11 is 6.63. The van der Waals surface area contributed by atoms with Crippen LogP contribution in [0.5, 0.6) is 0 Å². The van der Waals surface area contributed by atoms with E-state index in [1.165, 1.54) is 25.7 Å². The molecule has 2 aliphatic rings. The number of benzene rings is 1. The van der Waals surface area contributed by atoms with Crippen molar-refractivity contribution in [3.63, 3.8) is 0 Å². The Labute approximate surface area is 136 Å². The normalized spacial score (nSPS) is 29.0. The second kappa shape index (κ2) is 5.71. The molecule has 0 amide bonds. The summed E-state index contributed by atoms with van der Waals surface area (Å²) in [6, 6.07) is 5.20. The summed E-state index contributed by atoms with van der Waals surface area (Å²) in [7, 11) is -3.44. The predicted molar refractivity (Wildman–Crippen MR) is 86.0 cm³/mol. The number of hydrogen-bond acceptors (Lipinski definition) is 2. The first-order valence-electron chi connectivity index (χ1n) is 6.90. The van der Waals surface area contributed by atoms with Gasteiger partial charge in [-0.15, -0.1) is 0 Å². The third-order valence-corrected chi connectivity index (χ3v) is 7.51. The van der Waals surface area contributed by atoms with Gasteiger partial charge in [0, 0.05) is 15.5 Å². The minimum Gasteiger partial charge on any atom is -0.211 e. The fraction of sp³-hybridized carbons (Fsp3) is 0.571. The largest absolute Gasteiger partial charge is 0.241 e. The highest BCUT2D eigenvalue weighted by molar-refractivity contribution is 9.11. The van der Waals surface area contributed by atoms with Crippen LogP contribution in [-0.2, 0) is 10.0 Å². The second-order valence-electron chi connectivity index (χ2n) is 5.86. The van der Waals surface area contributed by atoms with E-state index in [1.54, 1.807) is 12.1 Å². The van der Waals surface area contributed by atoms with Gasteiger partial charge in [0.05, 0.1) is 4.90 Å². The van der Waals surface area contributed by atoms with E-state index in [0.29, 0.717) is 21.8 Å². The maximum atomic E-state index is 12.4. The van der Waals surface area contributed by atoms with E-state index in [-0.39, 0.29) is 0 Å². The van der Waals surface area contributed by atoms with E-state index in [1.807, 2.05) is 6.07 Å². The van der Waals surface area contributed by atoms with Gasteiger partial charge in [0.1, 0.15) is 0 Å². The lowest BCUT2D eigenvalue weighted by atomic mass is 9.89. The van der Waals surface area contributed by atoms with Crippen molar-refractivity contribution in [1.29, 1.82) is 0 Å². The van der Waals surface area contributed by atoms with Crippen LogP contribution >= 0.6 is 31.9 Å². The molecule has 3 nitrogen and oxygen atoms in total. The van der Waals surface area contributed by atoms with Crippen LogP contribution in [0.3, 0.4) is 0 Å². The van der Waals surface area contributed by atoms with Gasteiger partial charge in [-0.25, -0.2) is 13.1 Å². The molecule has 0 spiro atoms. The molecule has 0 radical (unpaired) electrons. The van der Waals surface area contributed by atoms with Gasteiger partial charge in [-0.3, -0.25) is 0 Å². The maximum Gasteiger partial charge on any atom is 0.241 e. The molecule has 110 valence electrons. The first-order valence-corrected chi connectivity index (χ1v) is 9.97. The molecule has 3 unspecified atom stereocenters. The highest BCUT2D eigenvalue weighted by atomic mass is 79.9. The lowest BCUT2D eigenvalue weighted by Gasteiger charge is -2.22. The molecule has 3 atom stereocenters. The fourth-order valence-electron chi connectivity index (χ4n) is 3.60. The quantitative estimate of drug-likeness (QED) is 0.798. The summed E-state index contributed by atoms with van der Waals surface area (Å²) in [5.41, 5.74) is 0. The summed E-state index contributed by atoms with van der Waals surface area (Å²) in [5, 5.41) is 0. The molecule has 20 heavy (non-hydrogen) atoms. The van der Waals surface area contributed by atoms with Gasteiger partial charge >= 0.3 is 0 Å². The summed E-state index contributed by atoms with van der Waals surface area (Å²) in [5.74, 6) is 2.09. The summed E-state index contributed by atoms with van der Waals surface area (Å²) in [6.45, 7) is 0.572. The molecule has 6 heteroatoms. The van der Waals surface area contributed by atoms with Crippen LogP contribution in [0.4, 0.5) is 0 Å². The van der Waals surface area contributed by atoms with Crippen molar-refractivity contribution in [2.45, 2.75) is 30.6 Å². The van der Waals surface area contributed by atoms with Crippen LogP contribution in [-0.4, -0.2) is 15.0 Å². The molecule has 2 bridgehead atoms. The van der Waals surface area contributed by atoms with E-state index < -0.39 is 10.0 Å². The Balaban J connectivity index is 1.71. The Morgan fingerprint density at radius 1 is 1.20 bits per heavy atom. The van der Waals surface area contributed by atoms with Gasteiger partial charge in [-0.1, -0.05) is 22.4 Å². The van der Waals surface area contributed by atoms with Crippen LogP contribution in [0.1, 0.15) is 25.7 Å². The average Bonchev–Trinajstić information content (AvgIpc) is 3.01. The molecule has 0 aliphatic heterocycles. The maximum absolute atomic E-state index is 12.4.